The first-order valence-electron chi connectivity index (χ1n) is 4.40. The number of benzene rings is 1. The average molecular weight is 174 g/mol. The van der Waals surface area contributed by atoms with Crippen LogP contribution in [0.1, 0.15) is 18.9 Å². The molecule has 0 radical (unpaired) electrons. The molecule has 0 aliphatic rings. The number of nitriles is 1. The predicted octanol–water partition coefficient (Wildman–Crippen LogP) is 1.82. The molecule has 0 fully saturated rings. The summed E-state index contributed by atoms with van der Waals surface area (Å²) >= 11 is 0. The van der Waals surface area contributed by atoms with Crippen molar-refractivity contribution in [3.8, 4) is 6.07 Å². The molecule has 1 aromatic rings. The molecule has 0 bridgehead atoms. The van der Waals surface area contributed by atoms with Gasteiger partial charge < -0.3 is 5.73 Å². The van der Waals surface area contributed by atoms with Gasteiger partial charge in [-0.1, -0.05) is 30.3 Å². The van der Waals surface area contributed by atoms with Gasteiger partial charge in [0.15, 0.2) is 0 Å². The molecule has 0 amide bonds. The van der Waals surface area contributed by atoms with Crippen molar-refractivity contribution in [3.05, 3.63) is 35.9 Å². The molecule has 13 heavy (non-hydrogen) atoms. The Labute approximate surface area is 79.0 Å². The van der Waals surface area contributed by atoms with E-state index in [2.05, 4.69) is 6.07 Å². The fourth-order valence-corrected chi connectivity index (χ4v) is 1.36. The summed E-state index contributed by atoms with van der Waals surface area (Å²) in [6.07, 6.45) is 0.702. The minimum atomic E-state index is -0.435. The number of rotatable bonds is 3. The van der Waals surface area contributed by atoms with E-state index in [1.807, 2.05) is 37.3 Å². The van der Waals surface area contributed by atoms with Crippen molar-refractivity contribution in [1.82, 2.24) is 0 Å². The second-order valence-electron chi connectivity index (χ2n) is 3.35. The van der Waals surface area contributed by atoms with Crippen LogP contribution in [0.3, 0.4) is 0 Å². The van der Waals surface area contributed by atoms with Gasteiger partial charge in [-0.05, 0) is 25.5 Å². The summed E-state index contributed by atoms with van der Waals surface area (Å²) < 4.78 is 0. The molecule has 0 aromatic heterocycles. The maximum atomic E-state index is 9.06. The van der Waals surface area contributed by atoms with Gasteiger partial charge in [0, 0.05) is 0 Å². The van der Waals surface area contributed by atoms with Crippen molar-refractivity contribution in [2.45, 2.75) is 18.8 Å². The first-order chi connectivity index (χ1) is 6.23. The Kier molecular flexibility index (Phi) is 3.05. The lowest BCUT2D eigenvalue weighted by Crippen LogP contribution is -2.23. The van der Waals surface area contributed by atoms with Crippen LogP contribution in [0.5, 0.6) is 0 Å². The molecule has 0 aliphatic carbocycles. The lowest BCUT2D eigenvalue weighted by molar-refractivity contribution is 0.562. The Morgan fingerprint density at radius 2 is 2.00 bits per heavy atom. The molecule has 68 valence electrons. The summed E-state index contributed by atoms with van der Waals surface area (Å²) in [6.45, 7) is 2.47. The SMILES string of the molecule is CC(C#N)(CCN)c1ccccc1. The largest absolute Gasteiger partial charge is 0.330 e. The minimum Gasteiger partial charge on any atom is -0.330 e. The average Bonchev–Trinajstić information content (AvgIpc) is 2.19. The van der Waals surface area contributed by atoms with Crippen LogP contribution in [0, 0.1) is 11.3 Å². The van der Waals surface area contributed by atoms with Crippen LogP contribution in [0.4, 0.5) is 0 Å². The van der Waals surface area contributed by atoms with Gasteiger partial charge in [-0.2, -0.15) is 5.26 Å². The van der Waals surface area contributed by atoms with E-state index in [4.69, 9.17) is 11.0 Å². The summed E-state index contributed by atoms with van der Waals surface area (Å²) in [5.41, 5.74) is 6.09. The van der Waals surface area contributed by atoms with Gasteiger partial charge in [0.05, 0.1) is 11.5 Å². The highest BCUT2D eigenvalue weighted by molar-refractivity contribution is 5.30. The van der Waals surface area contributed by atoms with Gasteiger partial charge in [0.1, 0.15) is 0 Å². The van der Waals surface area contributed by atoms with Crippen LogP contribution in [0.15, 0.2) is 30.3 Å². The zero-order valence-corrected chi connectivity index (χ0v) is 7.83. The van der Waals surface area contributed by atoms with E-state index in [-0.39, 0.29) is 0 Å². The zero-order valence-electron chi connectivity index (χ0n) is 7.83. The molecule has 0 aliphatic heterocycles. The summed E-state index contributed by atoms with van der Waals surface area (Å²) in [7, 11) is 0. The number of hydrogen-bond donors (Lipinski definition) is 1. The standard InChI is InChI=1S/C11H14N2/c1-11(9-13,7-8-12)10-5-3-2-4-6-10/h2-6H,7-8,12H2,1H3. The topological polar surface area (TPSA) is 49.8 Å². The van der Waals surface area contributed by atoms with Gasteiger partial charge in [-0.25, -0.2) is 0 Å². The third kappa shape index (κ3) is 2.07. The van der Waals surface area contributed by atoms with Crippen molar-refractivity contribution in [1.29, 1.82) is 5.26 Å². The second-order valence-corrected chi connectivity index (χ2v) is 3.35. The van der Waals surface area contributed by atoms with Gasteiger partial charge in [-0.3, -0.25) is 0 Å². The maximum absolute atomic E-state index is 9.06. The highest BCUT2D eigenvalue weighted by Gasteiger charge is 2.24. The Hall–Kier alpha value is -1.33. The second kappa shape index (κ2) is 4.06. The summed E-state index contributed by atoms with van der Waals surface area (Å²) in [6, 6.07) is 12.1. The molecule has 0 saturated carbocycles. The number of nitrogens with two attached hydrogens (primary N) is 1. The van der Waals surface area contributed by atoms with Crippen molar-refractivity contribution in [2.75, 3.05) is 6.54 Å². The summed E-state index contributed by atoms with van der Waals surface area (Å²) in [5.74, 6) is 0. The van der Waals surface area contributed by atoms with E-state index in [9.17, 15) is 0 Å². The molecule has 2 heteroatoms. The predicted molar refractivity (Wildman–Crippen MR) is 53.1 cm³/mol. The first kappa shape index (κ1) is 9.76. The van der Waals surface area contributed by atoms with E-state index < -0.39 is 5.41 Å². The molecule has 1 unspecified atom stereocenters. The minimum absolute atomic E-state index is 0.435. The monoisotopic (exact) mass is 174 g/mol. The molecule has 1 rings (SSSR count). The fraction of sp³-hybridized carbons (Fsp3) is 0.364. The van der Waals surface area contributed by atoms with E-state index in [0.29, 0.717) is 13.0 Å². The van der Waals surface area contributed by atoms with E-state index in [0.717, 1.165) is 5.56 Å². The lowest BCUT2D eigenvalue weighted by Gasteiger charge is -2.20. The van der Waals surface area contributed by atoms with Crippen LogP contribution >= 0.6 is 0 Å². The summed E-state index contributed by atoms with van der Waals surface area (Å²) in [4.78, 5) is 0. The third-order valence-electron chi connectivity index (χ3n) is 2.30. The molecule has 0 saturated heterocycles. The molecule has 0 spiro atoms. The van der Waals surface area contributed by atoms with Crippen LogP contribution in [-0.4, -0.2) is 6.54 Å². The molecule has 1 aromatic carbocycles. The van der Waals surface area contributed by atoms with Crippen molar-refractivity contribution < 1.29 is 0 Å². The zero-order chi connectivity index (χ0) is 9.73. The van der Waals surface area contributed by atoms with Crippen LogP contribution in [-0.2, 0) is 5.41 Å². The molecule has 1 atom stereocenters. The quantitative estimate of drug-likeness (QED) is 0.759. The van der Waals surface area contributed by atoms with E-state index in [1.54, 1.807) is 0 Å². The van der Waals surface area contributed by atoms with Crippen molar-refractivity contribution >= 4 is 0 Å². The first-order valence-corrected chi connectivity index (χ1v) is 4.40. The lowest BCUT2D eigenvalue weighted by atomic mass is 9.81. The van der Waals surface area contributed by atoms with Crippen molar-refractivity contribution in [3.63, 3.8) is 0 Å². The smallest absolute Gasteiger partial charge is 0.0806 e. The van der Waals surface area contributed by atoms with Gasteiger partial charge >= 0.3 is 0 Å². The summed E-state index contributed by atoms with van der Waals surface area (Å²) in [5, 5.41) is 9.06. The highest BCUT2D eigenvalue weighted by Crippen LogP contribution is 2.25. The third-order valence-corrected chi connectivity index (χ3v) is 2.30. The highest BCUT2D eigenvalue weighted by atomic mass is 14.5. The van der Waals surface area contributed by atoms with Crippen LogP contribution in [0.25, 0.3) is 0 Å². The van der Waals surface area contributed by atoms with Gasteiger partial charge in [0.2, 0.25) is 0 Å². The number of nitrogens with zero attached hydrogens (tertiary/aromatic N) is 1. The maximum Gasteiger partial charge on any atom is 0.0806 e. The molecular formula is C11H14N2. The molecule has 0 heterocycles. The normalized spacial score (nSPS) is 14.5. The molecule has 2 nitrogen and oxygen atoms in total. The Bertz CT molecular complexity index is 300. The Morgan fingerprint density at radius 3 is 2.46 bits per heavy atom. The number of hydrogen-bond acceptors (Lipinski definition) is 2. The van der Waals surface area contributed by atoms with Crippen molar-refractivity contribution in [2.24, 2.45) is 5.73 Å². The van der Waals surface area contributed by atoms with Crippen LogP contribution in [0.2, 0.25) is 0 Å². The van der Waals surface area contributed by atoms with Crippen LogP contribution < -0.4 is 5.73 Å². The molecular weight excluding hydrogens is 160 g/mol. The fourth-order valence-electron chi connectivity index (χ4n) is 1.36. The Balaban J connectivity index is 2.98. The van der Waals surface area contributed by atoms with E-state index >= 15 is 0 Å². The molecule has 2 N–H and O–H groups in total. The van der Waals surface area contributed by atoms with E-state index in [1.165, 1.54) is 0 Å². The Morgan fingerprint density at radius 1 is 1.38 bits per heavy atom. The van der Waals surface area contributed by atoms with Gasteiger partial charge in [0.25, 0.3) is 0 Å². The van der Waals surface area contributed by atoms with Gasteiger partial charge in [-0.15, -0.1) is 0 Å².